The zero-order chi connectivity index (χ0) is 12.3. The Kier molecular flexibility index (Phi) is 4.05. The molecule has 17 heavy (non-hydrogen) atoms. The van der Waals surface area contributed by atoms with Crippen molar-refractivity contribution in [2.24, 2.45) is 5.92 Å². The fraction of sp³-hybridized carbons (Fsp3) is 0.462. The van der Waals surface area contributed by atoms with E-state index in [4.69, 9.17) is 9.84 Å². The van der Waals surface area contributed by atoms with Gasteiger partial charge in [0.25, 0.3) is 0 Å². The van der Waals surface area contributed by atoms with E-state index in [0.29, 0.717) is 0 Å². The number of carboxylic acid groups (broad SMARTS) is 1. The number of hydrogen-bond donors (Lipinski definition) is 1. The number of rotatable bonds is 3. The highest BCUT2D eigenvalue weighted by Gasteiger charge is 2.26. The van der Waals surface area contributed by atoms with E-state index in [9.17, 15) is 4.79 Å². The molecule has 0 heterocycles. The number of carbonyl (C=O) groups is 1. The van der Waals surface area contributed by atoms with E-state index >= 15 is 0 Å². The number of halogens is 1. The minimum absolute atomic E-state index is 0.159. The van der Waals surface area contributed by atoms with Crippen molar-refractivity contribution in [1.82, 2.24) is 0 Å². The van der Waals surface area contributed by atoms with Gasteiger partial charge < -0.3 is 9.84 Å². The second-order valence-electron chi connectivity index (χ2n) is 4.38. The van der Waals surface area contributed by atoms with E-state index in [1.165, 1.54) is 0 Å². The summed E-state index contributed by atoms with van der Waals surface area (Å²) in [6.45, 7) is 0. The lowest BCUT2D eigenvalue weighted by atomic mass is 9.87. The van der Waals surface area contributed by atoms with Crippen LogP contribution in [0.3, 0.4) is 0 Å². The van der Waals surface area contributed by atoms with Gasteiger partial charge in [-0.1, -0.05) is 15.9 Å². The molecule has 1 aromatic carbocycles. The fourth-order valence-electron chi connectivity index (χ4n) is 2.13. The first-order chi connectivity index (χ1) is 8.15. The lowest BCUT2D eigenvalue weighted by Crippen LogP contribution is -2.27. The molecule has 1 aliphatic carbocycles. The monoisotopic (exact) mass is 298 g/mol. The molecule has 4 heteroatoms. The van der Waals surface area contributed by atoms with Crippen molar-refractivity contribution in [2.45, 2.75) is 31.8 Å². The molecule has 1 fully saturated rings. The van der Waals surface area contributed by atoms with Crippen LogP contribution in [0.5, 0.6) is 5.75 Å². The summed E-state index contributed by atoms with van der Waals surface area (Å²) in [5.41, 5.74) is 0. The van der Waals surface area contributed by atoms with Crippen LogP contribution in [0.4, 0.5) is 0 Å². The molecule has 92 valence electrons. The predicted molar refractivity (Wildman–Crippen MR) is 68.2 cm³/mol. The minimum Gasteiger partial charge on any atom is -0.490 e. The summed E-state index contributed by atoms with van der Waals surface area (Å²) >= 11 is 3.37. The van der Waals surface area contributed by atoms with Crippen LogP contribution in [-0.4, -0.2) is 17.2 Å². The zero-order valence-electron chi connectivity index (χ0n) is 9.43. The van der Waals surface area contributed by atoms with Gasteiger partial charge in [0.05, 0.1) is 12.0 Å². The molecule has 0 bridgehead atoms. The summed E-state index contributed by atoms with van der Waals surface area (Å²) in [5, 5.41) is 8.90. The fourth-order valence-corrected chi connectivity index (χ4v) is 2.40. The largest absolute Gasteiger partial charge is 0.490 e. The van der Waals surface area contributed by atoms with Crippen LogP contribution in [-0.2, 0) is 4.79 Å². The molecular formula is C13H15BrO3. The van der Waals surface area contributed by atoms with Crippen molar-refractivity contribution in [3.63, 3.8) is 0 Å². The molecule has 1 saturated carbocycles. The lowest BCUT2D eigenvalue weighted by molar-refractivity contribution is -0.143. The number of carboxylic acids is 1. The van der Waals surface area contributed by atoms with Crippen LogP contribution in [0.25, 0.3) is 0 Å². The average Bonchev–Trinajstić information content (AvgIpc) is 2.33. The molecule has 0 radical (unpaired) electrons. The van der Waals surface area contributed by atoms with Crippen molar-refractivity contribution in [3.8, 4) is 5.75 Å². The van der Waals surface area contributed by atoms with Crippen LogP contribution in [0.1, 0.15) is 25.7 Å². The minimum atomic E-state index is -0.674. The van der Waals surface area contributed by atoms with Gasteiger partial charge in [0.2, 0.25) is 0 Å². The Morgan fingerprint density at radius 3 is 2.29 bits per heavy atom. The van der Waals surface area contributed by atoms with Gasteiger partial charge in [-0.05, 0) is 49.9 Å². The molecule has 0 atom stereocenters. The van der Waals surface area contributed by atoms with E-state index in [-0.39, 0.29) is 12.0 Å². The molecule has 0 aliphatic heterocycles. The van der Waals surface area contributed by atoms with Crippen LogP contribution in [0.2, 0.25) is 0 Å². The van der Waals surface area contributed by atoms with Gasteiger partial charge in [-0.2, -0.15) is 0 Å². The smallest absolute Gasteiger partial charge is 0.306 e. The Hall–Kier alpha value is -1.03. The molecule has 0 saturated heterocycles. The normalized spacial score (nSPS) is 24.3. The Morgan fingerprint density at radius 1 is 1.18 bits per heavy atom. The maximum absolute atomic E-state index is 10.8. The molecule has 1 N–H and O–H groups in total. The Morgan fingerprint density at radius 2 is 1.76 bits per heavy atom. The first-order valence-electron chi connectivity index (χ1n) is 5.80. The van der Waals surface area contributed by atoms with Crippen molar-refractivity contribution in [3.05, 3.63) is 28.7 Å². The van der Waals surface area contributed by atoms with E-state index in [1.54, 1.807) is 0 Å². The summed E-state index contributed by atoms with van der Waals surface area (Å²) in [6, 6.07) is 7.73. The average molecular weight is 299 g/mol. The highest BCUT2D eigenvalue weighted by atomic mass is 79.9. The maximum atomic E-state index is 10.8. The van der Waals surface area contributed by atoms with Crippen LogP contribution >= 0.6 is 15.9 Å². The SMILES string of the molecule is O=C(O)C1CCC(Oc2ccc(Br)cc2)CC1. The van der Waals surface area contributed by atoms with Crippen molar-refractivity contribution >= 4 is 21.9 Å². The summed E-state index contributed by atoms with van der Waals surface area (Å²) in [5.74, 6) is -0.00108. The summed E-state index contributed by atoms with van der Waals surface area (Å²) in [7, 11) is 0. The van der Waals surface area contributed by atoms with Gasteiger partial charge in [0, 0.05) is 4.47 Å². The topological polar surface area (TPSA) is 46.5 Å². The number of aliphatic carboxylic acids is 1. The first-order valence-corrected chi connectivity index (χ1v) is 6.59. The standard InChI is InChI=1S/C13H15BrO3/c14-10-3-7-12(8-4-10)17-11-5-1-9(2-6-11)13(15)16/h3-4,7-9,11H,1-2,5-6H2,(H,15,16). The zero-order valence-corrected chi connectivity index (χ0v) is 11.0. The predicted octanol–water partition coefficient (Wildman–Crippen LogP) is 3.47. The summed E-state index contributed by atoms with van der Waals surface area (Å²) in [4.78, 5) is 10.8. The molecule has 0 aromatic heterocycles. The third-order valence-electron chi connectivity index (χ3n) is 3.14. The molecule has 0 amide bonds. The van der Waals surface area contributed by atoms with Crippen LogP contribution in [0.15, 0.2) is 28.7 Å². The molecule has 0 spiro atoms. The highest BCUT2D eigenvalue weighted by molar-refractivity contribution is 9.10. The molecule has 1 aliphatic rings. The second kappa shape index (κ2) is 5.54. The Bertz CT molecular complexity index is 380. The molecule has 2 rings (SSSR count). The van der Waals surface area contributed by atoms with Gasteiger partial charge in [-0.15, -0.1) is 0 Å². The number of benzene rings is 1. The Balaban J connectivity index is 1.85. The molecule has 0 unspecified atom stereocenters. The van der Waals surface area contributed by atoms with E-state index in [2.05, 4.69) is 15.9 Å². The van der Waals surface area contributed by atoms with Gasteiger partial charge in [-0.3, -0.25) is 4.79 Å². The maximum Gasteiger partial charge on any atom is 0.306 e. The van der Waals surface area contributed by atoms with Crippen LogP contribution < -0.4 is 4.74 Å². The Labute approximate surface area is 109 Å². The van der Waals surface area contributed by atoms with E-state index in [0.717, 1.165) is 35.9 Å². The quantitative estimate of drug-likeness (QED) is 0.929. The van der Waals surface area contributed by atoms with Crippen molar-refractivity contribution in [1.29, 1.82) is 0 Å². The molecule has 3 nitrogen and oxygen atoms in total. The summed E-state index contributed by atoms with van der Waals surface area (Å²) in [6.07, 6.45) is 3.25. The van der Waals surface area contributed by atoms with Crippen molar-refractivity contribution < 1.29 is 14.6 Å². The number of hydrogen-bond acceptors (Lipinski definition) is 2. The van der Waals surface area contributed by atoms with Gasteiger partial charge in [0.15, 0.2) is 0 Å². The second-order valence-corrected chi connectivity index (χ2v) is 5.30. The van der Waals surface area contributed by atoms with E-state index in [1.807, 2.05) is 24.3 Å². The number of ether oxygens (including phenoxy) is 1. The van der Waals surface area contributed by atoms with Gasteiger partial charge in [-0.25, -0.2) is 0 Å². The van der Waals surface area contributed by atoms with E-state index < -0.39 is 5.97 Å². The molecule has 1 aromatic rings. The lowest BCUT2D eigenvalue weighted by Gasteiger charge is -2.26. The third kappa shape index (κ3) is 3.46. The first kappa shape index (κ1) is 12.4. The van der Waals surface area contributed by atoms with Gasteiger partial charge in [0.1, 0.15) is 5.75 Å². The van der Waals surface area contributed by atoms with Gasteiger partial charge >= 0.3 is 5.97 Å². The highest BCUT2D eigenvalue weighted by Crippen LogP contribution is 2.28. The third-order valence-corrected chi connectivity index (χ3v) is 3.67. The van der Waals surface area contributed by atoms with Crippen LogP contribution in [0, 0.1) is 5.92 Å². The van der Waals surface area contributed by atoms with Crippen molar-refractivity contribution in [2.75, 3.05) is 0 Å². The summed E-state index contributed by atoms with van der Waals surface area (Å²) < 4.78 is 6.85. The molecular weight excluding hydrogens is 284 g/mol.